The predicted octanol–water partition coefficient (Wildman–Crippen LogP) is 3.86. The molecule has 0 amide bonds. The first-order chi connectivity index (χ1) is 10.3. The highest BCUT2D eigenvalue weighted by Crippen LogP contribution is 2.27. The monoisotopic (exact) mass is 341 g/mol. The first-order valence-electron chi connectivity index (χ1n) is 6.83. The van der Waals surface area contributed by atoms with Crippen LogP contribution in [0.3, 0.4) is 0 Å². The molecule has 1 heterocycles. The van der Waals surface area contributed by atoms with Crippen molar-refractivity contribution in [3.8, 4) is 11.1 Å². The van der Waals surface area contributed by atoms with E-state index >= 15 is 0 Å². The third-order valence-corrected chi connectivity index (χ3v) is 4.24. The van der Waals surface area contributed by atoms with Crippen LogP contribution < -0.4 is 5.73 Å². The highest BCUT2D eigenvalue weighted by atomic mass is 79.9. The fourth-order valence-corrected chi connectivity index (χ4v) is 2.96. The summed E-state index contributed by atoms with van der Waals surface area (Å²) in [7, 11) is 0. The second kappa shape index (κ2) is 6.24. The minimum absolute atomic E-state index is 0.0260. The number of hydrogen-bond acceptors (Lipinski definition) is 2. The van der Waals surface area contributed by atoms with Crippen molar-refractivity contribution in [3.05, 3.63) is 77.0 Å². The molecule has 0 spiro atoms. The van der Waals surface area contributed by atoms with Gasteiger partial charge in [0.1, 0.15) is 0 Å². The Balaban J connectivity index is 1.96. The molecule has 4 heteroatoms. The summed E-state index contributed by atoms with van der Waals surface area (Å²) in [6.07, 6.45) is 3.93. The van der Waals surface area contributed by atoms with Crippen LogP contribution in [0.5, 0.6) is 0 Å². The molecule has 106 valence electrons. The molecule has 3 rings (SSSR count). The normalized spacial score (nSPS) is 12.3. The topological polar surface area (TPSA) is 43.8 Å². The maximum Gasteiger partial charge on any atom is 0.0901 e. The Labute approximate surface area is 132 Å². The standard InChI is InChI=1S/C17H16BrN3/c18-16-9-5-4-8-15(16)17(10-19)21-12-14(11-20-21)13-6-2-1-3-7-13/h1-9,11-12,17H,10,19H2. The largest absolute Gasteiger partial charge is 0.328 e. The van der Waals surface area contributed by atoms with Crippen LogP contribution in [0.1, 0.15) is 11.6 Å². The lowest BCUT2D eigenvalue weighted by Gasteiger charge is -2.17. The number of aromatic nitrogens is 2. The van der Waals surface area contributed by atoms with Crippen LogP contribution in [-0.2, 0) is 0 Å². The lowest BCUT2D eigenvalue weighted by Crippen LogP contribution is -2.21. The fourth-order valence-electron chi connectivity index (χ4n) is 2.41. The molecule has 0 aliphatic rings. The van der Waals surface area contributed by atoms with Crippen LogP contribution in [0.2, 0.25) is 0 Å². The Morgan fingerprint density at radius 2 is 1.71 bits per heavy atom. The van der Waals surface area contributed by atoms with E-state index in [4.69, 9.17) is 5.73 Å². The molecule has 1 atom stereocenters. The summed E-state index contributed by atoms with van der Waals surface area (Å²) in [6, 6.07) is 18.4. The van der Waals surface area contributed by atoms with Gasteiger partial charge >= 0.3 is 0 Å². The molecular formula is C17H16BrN3. The zero-order valence-corrected chi connectivity index (χ0v) is 13.1. The van der Waals surface area contributed by atoms with Crippen molar-refractivity contribution < 1.29 is 0 Å². The Morgan fingerprint density at radius 3 is 2.43 bits per heavy atom. The van der Waals surface area contributed by atoms with E-state index in [2.05, 4.69) is 39.2 Å². The number of nitrogens with two attached hydrogens (primary N) is 1. The van der Waals surface area contributed by atoms with E-state index in [0.717, 1.165) is 21.2 Å². The van der Waals surface area contributed by atoms with Crippen LogP contribution in [0, 0.1) is 0 Å². The smallest absolute Gasteiger partial charge is 0.0901 e. The van der Waals surface area contributed by atoms with Crippen LogP contribution in [0.4, 0.5) is 0 Å². The van der Waals surface area contributed by atoms with Crippen molar-refractivity contribution >= 4 is 15.9 Å². The lowest BCUT2D eigenvalue weighted by atomic mass is 10.1. The Kier molecular flexibility index (Phi) is 4.18. The number of halogens is 1. The molecule has 0 aliphatic heterocycles. The molecule has 0 radical (unpaired) electrons. The quantitative estimate of drug-likeness (QED) is 0.782. The SMILES string of the molecule is NCC(c1ccccc1Br)n1cc(-c2ccccc2)cn1. The summed E-state index contributed by atoms with van der Waals surface area (Å²) in [4.78, 5) is 0. The molecule has 0 saturated heterocycles. The van der Waals surface area contributed by atoms with Gasteiger partial charge in [-0.05, 0) is 17.2 Å². The summed E-state index contributed by atoms with van der Waals surface area (Å²) >= 11 is 3.59. The summed E-state index contributed by atoms with van der Waals surface area (Å²) in [5.74, 6) is 0. The molecular weight excluding hydrogens is 326 g/mol. The summed E-state index contributed by atoms with van der Waals surface area (Å²) in [6.45, 7) is 0.499. The van der Waals surface area contributed by atoms with E-state index < -0.39 is 0 Å². The summed E-state index contributed by atoms with van der Waals surface area (Å²) < 4.78 is 2.99. The van der Waals surface area contributed by atoms with E-state index in [0.29, 0.717) is 6.54 Å². The average molecular weight is 342 g/mol. The number of rotatable bonds is 4. The van der Waals surface area contributed by atoms with Gasteiger partial charge in [0.05, 0.1) is 12.2 Å². The second-order valence-corrected chi connectivity index (χ2v) is 5.70. The fraction of sp³-hybridized carbons (Fsp3) is 0.118. The second-order valence-electron chi connectivity index (χ2n) is 4.85. The molecule has 1 unspecified atom stereocenters. The molecule has 3 nitrogen and oxygen atoms in total. The van der Waals surface area contributed by atoms with Gasteiger partial charge in [-0.15, -0.1) is 0 Å². The van der Waals surface area contributed by atoms with Crippen molar-refractivity contribution in [2.75, 3.05) is 6.54 Å². The highest BCUT2D eigenvalue weighted by molar-refractivity contribution is 9.10. The van der Waals surface area contributed by atoms with E-state index in [1.165, 1.54) is 0 Å². The van der Waals surface area contributed by atoms with Gasteiger partial charge in [-0.3, -0.25) is 4.68 Å². The van der Waals surface area contributed by atoms with E-state index in [1.807, 2.05) is 53.5 Å². The van der Waals surface area contributed by atoms with Crippen molar-refractivity contribution in [2.24, 2.45) is 5.73 Å². The number of benzene rings is 2. The third-order valence-electron chi connectivity index (χ3n) is 3.52. The van der Waals surface area contributed by atoms with Gasteiger partial charge in [0, 0.05) is 22.8 Å². The summed E-state index contributed by atoms with van der Waals surface area (Å²) in [5, 5.41) is 4.50. The Morgan fingerprint density at radius 1 is 1.00 bits per heavy atom. The highest BCUT2D eigenvalue weighted by Gasteiger charge is 2.16. The molecule has 1 aromatic heterocycles. The minimum Gasteiger partial charge on any atom is -0.328 e. The van der Waals surface area contributed by atoms with E-state index in [9.17, 15) is 0 Å². The third kappa shape index (κ3) is 2.91. The van der Waals surface area contributed by atoms with Gasteiger partial charge in [-0.2, -0.15) is 5.10 Å². The van der Waals surface area contributed by atoms with Crippen molar-refractivity contribution in [1.82, 2.24) is 9.78 Å². The van der Waals surface area contributed by atoms with E-state index in [1.54, 1.807) is 0 Å². The van der Waals surface area contributed by atoms with Gasteiger partial charge in [0.25, 0.3) is 0 Å². The molecule has 21 heavy (non-hydrogen) atoms. The first kappa shape index (κ1) is 14.0. The molecule has 0 fully saturated rings. The minimum atomic E-state index is 0.0260. The molecule has 3 aromatic rings. The maximum atomic E-state index is 5.97. The van der Waals surface area contributed by atoms with Crippen LogP contribution in [0.15, 0.2) is 71.5 Å². The summed E-state index contributed by atoms with van der Waals surface area (Å²) in [5.41, 5.74) is 9.37. The number of hydrogen-bond donors (Lipinski definition) is 1. The number of nitrogens with zero attached hydrogens (tertiary/aromatic N) is 2. The van der Waals surface area contributed by atoms with Crippen LogP contribution in [0.25, 0.3) is 11.1 Å². The molecule has 0 saturated carbocycles. The molecule has 2 aromatic carbocycles. The van der Waals surface area contributed by atoms with Crippen LogP contribution >= 0.6 is 15.9 Å². The van der Waals surface area contributed by atoms with Gasteiger partial charge in [-0.25, -0.2) is 0 Å². The van der Waals surface area contributed by atoms with Crippen molar-refractivity contribution in [2.45, 2.75) is 6.04 Å². The predicted molar refractivity (Wildman–Crippen MR) is 89.0 cm³/mol. The Hall–Kier alpha value is -1.91. The van der Waals surface area contributed by atoms with Crippen molar-refractivity contribution in [3.63, 3.8) is 0 Å². The maximum absolute atomic E-state index is 5.97. The van der Waals surface area contributed by atoms with Crippen LogP contribution in [-0.4, -0.2) is 16.3 Å². The van der Waals surface area contributed by atoms with Gasteiger partial charge in [0.2, 0.25) is 0 Å². The van der Waals surface area contributed by atoms with Crippen molar-refractivity contribution in [1.29, 1.82) is 0 Å². The molecule has 0 bridgehead atoms. The van der Waals surface area contributed by atoms with Gasteiger partial charge in [0.15, 0.2) is 0 Å². The molecule has 0 aliphatic carbocycles. The molecule has 2 N–H and O–H groups in total. The zero-order valence-electron chi connectivity index (χ0n) is 11.5. The van der Waals surface area contributed by atoms with E-state index in [-0.39, 0.29) is 6.04 Å². The Bertz CT molecular complexity index is 722. The van der Waals surface area contributed by atoms with Gasteiger partial charge < -0.3 is 5.73 Å². The first-order valence-corrected chi connectivity index (χ1v) is 7.63. The van der Waals surface area contributed by atoms with Gasteiger partial charge in [-0.1, -0.05) is 64.5 Å². The lowest BCUT2D eigenvalue weighted by molar-refractivity contribution is 0.530. The average Bonchev–Trinajstić information content (AvgIpc) is 3.00. The zero-order chi connectivity index (χ0) is 14.7.